The van der Waals surface area contributed by atoms with Crippen LogP contribution in [-0.2, 0) is 0 Å². The Hall–Kier alpha value is -3.51. The molecule has 0 fully saturated rings. The topological polar surface area (TPSA) is 0 Å². The van der Waals surface area contributed by atoms with Gasteiger partial charge >= 0.3 is 0 Å². The van der Waals surface area contributed by atoms with Crippen LogP contribution in [0.4, 0.5) is 0 Å². The van der Waals surface area contributed by atoms with Crippen molar-refractivity contribution in [2.24, 2.45) is 0 Å². The lowest BCUT2D eigenvalue weighted by molar-refractivity contribution is 1.10. The molecule has 1 unspecified atom stereocenters. The van der Waals surface area contributed by atoms with Crippen molar-refractivity contribution in [3.05, 3.63) is 119 Å². The maximum absolute atomic E-state index is 2.33. The van der Waals surface area contributed by atoms with Gasteiger partial charge in [-0.1, -0.05) is 60.7 Å². The summed E-state index contributed by atoms with van der Waals surface area (Å²) in [6.45, 7) is 0. The molecule has 2 aliphatic carbocycles. The first-order valence-electron chi connectivity index (χ1n) is 9.83. The first kappa shape index (κ1) is 15.5. The van der Waals surface area contributed by atoms with Crippen LogP contribution in [0.1, 0.15) is 33.7 Å². The highest BCUT2D eigenvalue weighted by Gasteiger charge is 2.17. The maximum Gasteiger partial charge on any atom is 0.105 e. The van der Waals surface area contributed by atoms with Gasteiger partial charge in [0, 0.05) is 35.9 Å². The SMILES string of the molecule is C1=Cc2cc(/C=C/C3C=Cc4cccc5cccc3c45)cc3cccc(c23)[CH+]1. The van der Waals surface area contributed by atoms with Gasteiger partial charge in [0.15, 0.2) is 0 Å². The molecule has 0 nitrogen and oxygen atoms in total. The number of rotatable bonds is 2. The lowest BCUT2D eigenvalue weighted by atomic mass is 9.85. The highest BCUT2D eigenvalue weighted by atomic mass is 14.2. The Bertz CT molecular complexity index is 1330. The number of allylic oxidation sites excluding steroid dienone is 3. The highest BCUT2D eigenvalue weighted by Crippen LogP contribution is 2.36. The zero-order chi connectivity index (χ0) is 18.5. The second-order valence-electron chi connectivity index (χ2n) is 7.62. The third kappa shape index (κ3) is 2.35. The van der Waals surface area contributed by atoms with Crippen molar-refractivity contribution in [2.75, 3.05) is 0 Å². The monoisotopic (exact) mass is 355 g/mol. The van der Waals surface area contributed by atoms with E-state index in [0.29, 0.717) is 5.92 Å². The van der Waals surface area contributed by atoms with E-state index in [1.54, 1.807) is 0 Å². The molecule has 4 aromatic rings. The number of hydrogen-bond donors (Lipinski definition) is 0. The third-order valence-corrected chi connectivity index (χ3v) is 5.92. The molecule has 0 aromatic heterocycles. The first-order valence-corrected chi connectivity index (χ1v) is 9.83. The molecular formula is C28H19+. The van der Waals surface area contributed by atoms with E-state index in [0.717, 1.165) is 0 Å². The van der Waals surface area contributed by atoms with Crippen molar-refractivity contribution in [1.29, 1.82) is 0 Å². The van der Waals surface area contributed by atoms with Crippen LogP contribution in [-0.4, -0.2) is 0 Å². The molecule has 0 aliphatic heterocycles. The molecule has 0 spiro atoms. The number of benzene rings is 4. The highest BCUT2D eigenvalue weighted by molar-refractivity contribution is 5.98. The summed E-state index contributed by atoms with van der Waals surface area (Å²) >= 11 is 0. The quantitative estimate of drug-likeness (QED) is 0.329. The van der Waals surface area contributed by atoms with Crippen molar-refractivity contribution in [2.45, 2.75) is 5.92 Å². The molecule has 0 amide bonds. The minimum Gasteiger partial charge on any atom is -0.0726 e. The fourth-order valence-corrected chi connectivity index (χ4v) is 4.65. The van der Waals surface area contributed by atoms with Crippen LogP contribution in [0.3, 0.4) is 0 Å². The molecule has 130 valence electrons. The maximum atomic E-state index is 2.33. The van der Waals surface area contributed by atoms with Crippen molar-refractivity contribution < 1.29 is 0 Å². The first-order chi connectivity index (χ1) is 13.9. The Morgan fingerprint density at radius 2 is 1.61 bits per heavy atom. The average Bonchev–Trinajstić information content (AvgIpc) is 2.74. The van der Waals surface area contributed by atoms with Crippen LogP contribution in [0.2, 0.25) is 0 Å². The van der Waals surface area contributed by atoms with E-state index in [4.69, 9.17) is 0 Å². The van der Waals surface area contributed by atoms with Crippen molar-refractivity contribution in [3.8, 4) is 0 Å². The molecule has 0 saturated heterocycles. The van der Waals surface area contributed by atoms with Gasteiger partial charge < -0.3 is 0 Å². The van der Waals surface area contributed by atoms with E-state index in [9.17, 15) is 0 Å². The van der Waals surface area contributed by atoms with Gasteiger partial charge in [0.2, 0.25) is 0 Å². The third-order valence-electron chi connectivity index (χ3n) is 5.92. The van der Waals surface area contributed by atoms with Crippen LogP contribution < -0.4 is 0 Å². The summed E-state index contributed by atoms with van der Waals surface area (Å²) in [6.07, 6.45) is 15.7. The summed E-state index contributed by atoms with van der Waals surface area (Å²) in [5, 5.41) is 5.38. The number of hydrogen-bond acceptors (Lipinski definition) is 0. The van der Waals surface area contributed by atoms with Crippen molar-refractivity contribution in [1.82, 2.24) is 0 Å². The Morgan fingerprint density at radius 3 is 2.57 bits per heavy atom. The Labute approximate surface area is 165 Å². The Balaban J connectivity index is 1.44. The summed E-state index contributed by atoms with van der Waals surface area (Å²) < 4.78 is 0. The van der Waals surface area contributed by atoms with Crippen LogP contribution in [0.15, 0.2) is 85.0 Å². The second-order valence-corrected chi connectivity index (χ2v) is 7.62. The predicted octanol–water partition coefficient (Wildman–Crippen LogP) is 7.40. The average molecular weight is 355 g/mol. The van der Waals surface area contributed by atoms with E-state index in [1.165, 1.54) is 49.4 Å². The smallest absolute Gasteiger partial charge is 0.0726 e. The van der Waals surface area contributed by atoms with Gasteiger partial charge in [-0.2, -0.15) is 0 Å². The molecule has 6 rings (SSSR count). The normalized spacial score (nSPS) is 16.8. The minimum atomic E-state index is 0.306. The molecule has 0 radical (unpaired) electrons. The molecule has 0 heterocycles. The molecule has 0 bridgehead atoms. The minimum absolute atomic E-state index is 0.306. The molecule has 0 heteroatoms. The van der Waals surface area contributed by atoms with E-state index in [1.807, 2.05) is 0 Å². The van der Waals surface area contributed by atoms with Gasteiger partial charge in [0.05, 0.1) is 10.9 Å². The van der Waals surface area contributed by atoms with Crippen LogP contribution >= 0.6 is 0 Å². The Morgan fingerprint density at radius 1 is 0.750 bits per heavy atom. The van der Waals surface area contributed by atoms with E-state index >= 15 is 0 Å². The van der Waals surface area contributed by atoms with Gasteiger partial charge in [0.25, 0.3) is 0 Å². The zero-order valence-electron chi connectivity index (χ0n) is 15.5. The lowest BCUT2D eigenvalue weighted by Crippen LogP contribution is -1.98. The molecule has 28 heavy (non-hydrogen) atoms. The molecular weight excluding hydrogens is 336 g/mol. The molecule has 2 aliphatic rings. The molecule has 1 atom stereocenters. The molecule has 4 aromatic carbocycles. The van der Waals surface area contributed by atoms with Gasteiger partial charge in [-0.25, -0.2) is 0 Å². The van der Waals surface area contributed by atoms with Crippen LogP contribution in [0.25, 0.3) is 39.8 Å². The summed E-state index contributed by atoms with van der Waals surface area (Å²) in [4.78, 5) is 0. The largest absolute Gasteiger partial charge is 0.105 e. The summed E-state index contributed by atoms with van der Waals surface area (Å²) in [6, 6.07) is 24.3. The summed E-state index contributed by atoms with van der Waals surface area (Å²) in [5.41, 5.74) is 6.59. The lowest BCUT2D eigenvalue weighted by Gasteiger charge is -2.18. The fourth-order valence-electron chi connectivity index (χ4n) is 4.65. The van der Waals surface area contributed by atoms with Gasteiger partial charge in [-0.15, -0.1) is 0 Å². The van der Waals surface area contributed by atoms with Gasteiger partial charge in [-0.3, -0.25) is 0 Å². The van der Waals surface area contributed by atoms with Gasteiger partial charge in [-0.05, 0) is 51.7 Å². The van der Waals surface area contributed by atoms with Crippen molar-refractivity contribution >= 4 is 39.8 Å². The standard InChI is InChI=1S/C28H19/c1-7-22-9-4-12-26-20(15-16-23(8-1)28(22)26)14-13-19-17-24-10-2-5-21-6-3-11-25(18-19)27(21)24/h1-18,20H/q+1/b14-13+. The second kappa shape index (κ2) is 6.00. The predicted molar refractivity (Wildman–Crippen MR) is 121 cm³/mol. The zero-order valence-corrected chi connectivity index (χ0v) is 15.5. The van der Waals surface area contributed by atoms with Crippen molar-refractivity contribution in [3.63, 3.8) is 0 Å². The Kier molecular flexibility index (Phi) is 3.33. The molecule has 0 N–H and O–H groups in total. The van der Waals surface area contributed by atoms with Gasteiger partial charge in [0.1, 0.15) is 5.56 Å². The molecule has 0 saturated carbocycles. The summed E-state index contributed by atoms with van der Waals surface area (Å²) in [7, 11) is 0. The van der Waals surface area contributed by atoms with Crippen LogP contribution in [0.5, 0.6) is 0 Å². The summed E-state index contributed by atoms with van der Waals surface area (Å²) in [5.74, 6) is 0.306. The van der Waals surface area contributed by atoms with Crippen LogP contribution in [0, 0.1) is 6.42 Å². The van der Waals surface area contributed by atoms with E-state index in [-0.39, 0.29) is 0 Å². The van der Waals surface area contributed by atoms with E-state index < -0.39 is 0 Å². The van der Waals surface area contributed by atoms with E-state index in [2.05, 4.69) is 110 Å². The fraction of sp³-hybridized carbons (Fsp3) is 0.0357.